The number of carbonyl (C=O) groups is 2. The summed E-state index contributed by atoms with van der Waals surface area (Å²) >= 11 is 0. The molecule has 0 aliphatic rings. The molecule has 20 heavy (non-hydrogen) atoms. The van der Waals surface area contributed by atoms with Crippen molar-refractivity contribution < 1.29 is 14.3 Å². The molecule has 0 aromatic heterocycles. The van der Waals surface area contributed by atoms with Crippen molar-refractivity contribution in [2.75, 3.05) is 24.7 Å². The van der Waals surface area contributed by atoms with Gasteiger partial charge in [-0.3, -0.25) is 4.79 Å². The largest absolute Gasteiger partial charge is 0.465 e. The lowest BCUT2D eigenvalue weighted by Gasteiger charge is -2.21. The van der Waals surface area contributed by atoms with E-state index in [4.69, 9.17) is 5.73 Å². The zero-order valence-corrected chi connectivity index (χ0v) is 12.2. The van der Waals surface area contributed by atoms with Gasteiger partial charge in [-0.15, -0.1) is 0 Å². The smallest absolute Gasteiger partial charge is 0.340 e. The predicted molar refractivity (Wildman–Crippen MR) is 78.6 cm³/mol. The number of hydrogen-bond donors (Lipinski definition) is 3. The van der Waals surface area contributed by atoms with Crippen molar-refractivity contribution in [1.29, 1.82) is 0 Å². The number of para-hydroxylation sites is 1. The van der Waals surface area contributed by atoms with E-state index >= 15 is 0 Å². The van der Waals surface area contributed by atoms with Crippen LogP contribution in [0.15, 0.2) is 18.2 Å². The van der Waals surface area contributed by atoms with E-state index in [0.717, 1.165) is 0 Å². The molecule has 0 bridgehead atoms. The Kier molecular flexibility index (Phi) is 4.96. The van der Waals surface area contributed by atoms with Crippen LogP contribution in [0.4, 0.5) is 11.4 Å². The van der Waals surface area contributed by atoms with E-state index in [9.17, 15) is 9.59 Å². The summed E-state index contributed by atoms with van der Waals surface area (Å²) in [7, 11) is 1.29. The van der Waals surface area contributed by atoms with Crippen LogP contribution >= 0.6 is 0 Å². The van der Waals surface area contributed by atoms with Crippen LogP contribution in [0.25, 0.3) is 0 Å². The molecule has 0 aliphatic heterocycles. The Balaban J connectivity index is 2.82. The van der Waals surface area contributed by atoms with Crippen molar-refractivity contribution in [3.63, 3.8) is 0 Å². The third-order valence-electron chi connectivity index (χ3n) is 2.44. The number of anilines is 2. The lowest BCUT2D eigenvalue weighted by atomic mass is 10.1. The van der Waals surface area contributed by atoms with Gasteiger partial charge in [0.15, 0.2) is 0 Å². The van der Waals surface area contributed by atoms with Crippen LogP contribution in [0.3, 0.4) is 0 Å². The van der Waals surface area contributed by atoms with E-state index in [2.05, 4.69) is 15.4 Å². The van der Waals surface area contributed by atoms with Gasteiger partial charge in [0.25, 0.3) is 0 Å². The summed E-state index contributed by atoms with van der Waals surface area (Å²) in [6, 6.07) is 4.89. The molecular weight excluding hydrogens is 258 g/mol. The van der Waals surface area contributed by atoms with Crippen LogP contribution in [0, 0.1) is 0 Å². The molecule has 1 aromatic carbocycles. The highest BCUT2D eigenvalue weighted by molar-refractivity contribution is 5.99. The summed E-state index contributed by atoms with van der Waals surface area (Å²) in [5.74, 6) is -0.687. The van der Waals surface area contributed by atoms with Gasteiger partial charge in [0.2, 0.25) is 5.91 Å². The molecule has 1 aromatic rings. The Hall–Kier alpha value is -2.24. The monoisotopic (exact) mass is 279 g/mol. The summed E-state index contributed by atoms with van der Waals surface area (Å²) in [5.41, 5.74) is 6.61. The molecular formula is C14H21N3O3. The molecule has 110 valence electrons. The number of rotatable bonds is 4. The molecule has 1 rings (SSSR count). The van der Waals surface area contributed by atoms with Gasteiger partial charge < -0.3 is 21.1 Å². The minimum Gasteiger partial charge on any atom is -0.465 e. The average Bonchev–Trinajstić information content (AvgIpc) is 2.34. The van der Waals surface area contributed by atoms with Crippen LogP contribution in [0.1, 0.15) is 31.1 Å². The fourth-order valence-electron chi connectivity index (χ4n) is 1.68. The Morgan fingerprint density at radius 3 is 2.50 bits per heavy atom. The van der Waals surface area contributed by atoms with E-state index in [1.807, 2.05) is 20.8 Å². The van der Waals surface area contributed by atoms with Crippen molar-refractivity contribution >= 4 is 23.3 Å². The maximum atomic E-state index is 11.8. The molecule has 0 saturated carbocycles. The number of methoxy groups -OCH3 is 1. The van der Waals surface area contributed by atoms with Gasteiger partial charge in [0, 0.05) is 5.54 Å². The molecule has 0 atom stereocenters. The highest BCUT2D eigenvalue weighted by Crippen LogP contribution is 2.23. The zero-order valence-electron chi connectivity index (χ0n) is 12.2. The standard InChI is InChI=1S/C14H21N3O3/c1-14(2,3)17-11(18)8-16-12-9(13(19)20-4)6-5-7-10(12)15/h5-7,16H,8,15H2,1-4H3,(H,17,18). The fraction of sp³-hybridized carbons (Fsp3) is 0.429. The molecule has 0 fully saturated rings. The molecule has 0 spiro atoms. The van der Waals surface area contributed by atoms with Gasteiger partial charge in [0.05, 0.1) is 30.6 Å². The van der Waals surface area contributed by atoms with Gasteiger partial charge in [-0.2, -0.15) is 0 Å². The van der Waals surface area contributed by atoms with E-state index in [1.54, 1.807) is 18.2 Å². The van der Waals surface area contributed by atoms with Crippen LogP contribution in [0.2, 0.25) is 0 Å². The number of nitrogen functional groups attached to an aromatic ring is 1. The minimum atomic E-state index is -0.504. The van der Waals surface area contributed by atoms with E-state index in [1.165, 1.54) is 7.11 Å². The number of ether oxygens (including phenoxy) is 1. The Morgan fingerprint density at radius 1 is 1.30 bits per heavy atom. The maximum absolute atomic E-state index is 11.8. The predicted octanol–water partition coefficient (Wildman–Crippen LogP) is 1.38. The van der Waals surface area contributed by atoms with Gasteiger partial charge >= 0.3 is 5.97 Å². The van der Waals surface area contributed by atoms with Crippen molar-refractivity contribution in [2.45, 2.75) is 26.3 Å². The lowest BCUT2D eigenvalue weighted by Crippen LogP contribution is -2.43. The first kappa shape index (κ1) is 15.8. The summed E-state index contributed by atoms with van der Waals surface area (Å²) in [6.45, 7) is 5.69. The van der Waals surface area contributed by atoms with Crippen LogP contribution < -0.4 is 16.4 Å². The average molecular weight is 279 g/mol. The maximum Gasteiger partial charge on any atom is 0.340 e. The van der Waals surface area contributed by atoms with Crippen molar-refractivity contribution in [3.05, 3.63) is 23.8 Å². The third-order valence-corrected chi connectivity index (χ3v) is 2.44. The topological polar surface area (TPSA) is 93.4 Å². The summed E-state index contributed by atoms with van der Waals surface area (Å²) < 4.78 is 4.68. The Labute approximate surface area is 118 Å². The molecule has 1 amide bonds. The lowest BCUT2D eigenvalue weighted by molar-refractivity contribution is -0.120. The van der Waals surface area contributed by atoms with Gasteiger partial charge in [-0.05, 0) is 32.9 Å². The highest BCUT2D eigenvalue weighted by Gasteiger charge is 2.17. The summed E-state index contributed by atoms with van der Waals surface area (Å²) in [5, 5.41) is 5.69. The molecule has 0 unspecified atom stereocenters. The first-order chi connectivity index (χ1) is 9.24. The van der Waals surface area contributed by atoms with E-state index < -0.39 is 5.97 Å². The van der Waals surface area contributed by atoms with Crippen molar-refractivity contribution in [1.82, 2.24) is 5.32 Å². The Bertz CT molecular complexity index is 507. The first-order valence-corrected chi connectivity index (χ1v) is 6.26. The molecule has 0 heterocycles. The minimum absolute atomic E-state index is 0.0233. The number of nitrogens with two attached hydrogens (primary N) is 1. The number of carbonyl (C=O) groups excluding carboxylic acids is 2. The Morgan fingerprint density at radius 2 is 1.95 bits per heavy atom. The quantitative estimate of drug-likeness (QED) is 0.572. The van der Waals surface area contributed by atoms with Crippen molar-refractivity contribution in [2.24, 2.45) is 0 Å². The highest BCUT2D eigenvalue weighted by atomic mass is 16.5. The summed E-state index contributed by atoms with van der Waals surface area (Å²) in [4.78, 5) is 23.4. The van der Waals surface area contributed by atoms with Crippen molar-refractivity contribution in [3.8, 4) is 0 Å². The fourth-order valence-corrected chi connectivity index (χ4v) is 1.68. The van der Waals surface area contributed by atoms with Gasteiger partial charge in [-0.1, -0.05) is 6.07 Å². The van der Waals surface area contributed by atoms with Gasteiger partial charge in [-0.25, -0.2) is 4.79 Å². The van der Waals surface area contributed by atoms with Crippen LogP contribution in [-0.2, 0) is 9.53 Å². The second kappa shape index (κ2) is 6.27. The number of esters is 1. The third kappa shape index (κ3) is 4.46. The first-order valence-electron chi connectivity index (χ1n) is 6.26. The van der Waals surface area contributed by atoms with Gasteiger partial charge in [0.1, 0.15) is 0 Å². The summed E-state index contributed by atoms with van der Waals surface area (Å²) in [6.07, 6.45) is 0. The van der Waals surface area contributed by atoms with Crippen LogP contribution in [-0.4, -0.2) is 31.1 Å². The molecule has 4 N–H and O–H groups in total. The normalized spacial score (nSPS) is 10.8. The molecule has 6 nitrogen and oxygen atoms in total. The zero-order chi connectivity index (χ0) is 15.3. The second-order valence-electron chi connectivity index (χ2n) is 5.41. The number of hydrogen-bond acceptors (Lipinski definition) is 5. The van der Waals surface area contributed by atoms with Crippen LogP contribution in [0.5, 0.6) is 0 Å². The SMILES string of the molecule is COC(=O)c1cccc(N)c1NCC(=O)NC(C)(C)C. The number of nitrogens with one attached hydrogen (secondary N) is 2. The second-order valence-corrected chi connectivity index (χ2v) is 5.41. The van der Waals surface area contributed by atoms with E-state index in [0.29, 0.717) is 16.9 Å². The molecule has 0 saturated heterocycles. The number of benzene rings is 1. The molecule has 0 aliphatic carbocycles. The number of amides is 1. The molecule has 6 heteroatoms. The van der Waals surface area contributed by atoms with E-state index in [-0.39, 0.29) is 18.0 Å². The molecule has 0 radical (unpaired) electrons.